The van der Waals surface area contributed by atoms with E-state index in [1.165, 1.54) is 24.1 Å². The fourth-order valence-corrected chi connectivity index (χ4v) is 6.97. The summed E-state index contributed by atoms with van der Waals surface area (Å²) in [6, 6.07) is 8.33. The lowest BCUT2D eigenvalue weighted by atomic mass is 9.97. The third kappa shape index (κ3) is 8.88. The molecule has 0 spiro atoms. The van der Waals surface area contributed by atoms with Gasteiger partial charge in [0.05, 0.1) is 18.3 Å². The number of esters is 1. The van der Waals surface area contributed by atoms with E-state index in [9.17, 15) is 19.3 Å². The molecular formula is C29H41ClN7O8PS. The second kappa shape index (κ2) is 15.3. The van der Waals surface area contributed by atoms with Crippen LogP contribution in [0.3, 0.4) is 0 Å². The monoisotopic (exact) mass is 713 g/mol. The zero-order valence-corrected chi connectivity index (χ0v) is 29.2. The van der Waals surface area contributed by atoms with Gasteiger partial charge in [-0.05, 0) is 32.3 Å². The lowest BCUT2D eigenvalue weighted by Crippen LogP contribution is -2.39. The summed E-state index contributed by atoms with van der Waals surface area (Å²) in [5.74, 6) is -0.452. The minimum atomic E-state index is -4.21. The normalized spacial score (nSPS) is 23.6. The summed E-state index contributed by atoms with van der Waals surface area (Å²) in [4.78, 5) is 36.0. The van der Waals surface area contributed by atoms with E-state index >= 15 is 0 Å². The number of alkyl halides is 1. The number of fused-ring (bicyclic) bond motifs is 1. The van der Waals surface area contributed by atoms with Crippen LogP contribution in [0.2, 0.25) is 0 Å². The van der Waals surface area contributed by atoms with E-state index in [2.05, 4.69) is 20.0 Å². The summed E-state index contributed by atoms with van der Waals surface area (Å²) in [5.41, 5.74) is 12.1. The molecule has 18 heteroatoms. The topological polar surface area (TPSA) is 216 Å². The minimum Gasteiger partial charge on any atom is -0.463 e. The van der Waals surface area contributed by atoms with Crippen molar-refractivity contribution in [1.82, 2.24) is 24.6 Å². The molecule has 0 saturated carbocycles. The summed E-state index contributed by atoms with van der Waals surface area (Å²) in [7, 11) is -4.21. The number of nitrogens with two attached hydrogens (primary N) is 2. The number of hydrogen-bond acceptors (Lipinski definition) is 14. The highest BCUT2D eigenvalue weighted by molar-refractivity contribution is 8.13. The lowest BCUT2D eigenvalue weighted by molar-refractivity contribution is -0.150. The number of aliphatic hydroxyl groups excluding tert-OH is 1. The molecule has 3 aromatic rings. The van der Waals surface area contributed by atoms with E-state index in [0.29, 0.717) is 11.2 Å². The first-order valence-corrected chi connectivity index (χ1v) is 17.7. The predicted molar refractivity (Wildman–Crippen MR) is 177 cm³/mol. The number of carbonyl (C=O) groups excluding carboxylic acids is 2. The largest absolute Gasteiger partial charge is 0.463 e. The van der Waals surface area contributed by atoms with Gasteiger partial charge in [0.25, 0.3) is 0 Å². The number of benzene rings is 1. The van der Waals surface area contributed by atoms with Crippen molar-refractivity contribution in [3.8, 4) is 0 Å². The first-order chi connectivity index (χ1) is 22.1. The highest BCUT2D eigenvalue weighted by Gasteiger charge is 2.56. The standard InChI is InChI=1S/C29H41ClN7O8PS/c1-17(2)19(31)24(39)42-14-28(3,4)27(40)47-12-11-43-46(41,36-13-18-9-7-6-8-10-18)45-25-21(38)29(5,30)26(44-25)37-16-35-20-22(32)33-15-34-23(20)37/h6-10,15-17,19,21,25-26,38H,11-14,31H2,1-5H3,(H,36,41)(H2,32,33,34)/t19?,21-,25-,26-,29-,46?/m1/s1. The molecule has 4 rings (SSSR count). The van der Waals surface area contributed by atoms with Gasteiger partial charge in [0.15, 0.2) is 29.1 Å². The third-order valence-electron chi connectivity index (χ3n) is 7.48. The molecule has 15 nitrogen and oxygen atoms in total. The third-order valence-corrected chi connectivity index (χ3v) is 10.6. The Morgan fingerprint density at radius 1 is 1.26 bits per heavy atom. The van der Waals surface area contributed by atoms with Crippen LogP contribution in [0.4, 0.5) is 5.82 Å². The highest BCUT2D eigenvalue weighted by Crippen LogP contribution is 2.52. The van der Waals surface area contributed by atoms with Crippen molar-refractivity contribution < 1.29 is 37.8 Å². The second-order valence-electron chi connectivity index (χ2n) is 12.2. The highest BCUT2D eigenvalue weighted by atomic mass is 35.5. The van der Waals surface area contributed by atoms with Crippen LogP contribution in [-0.4, -0.2) is 78.0 Å². The first kappa shape index (κ1) is 37.2. The maximum Gasteiger partial charge on any atom is 0.408 e. The number of halogens is 1. The van der Waals surface area contributed by atoms with Crippen molar-refractivity contribution >= 4 is 59.2 Å². The number of nitrogens with zero attached hydrogens (tertiary/aromatic N) is 4. The first-order valence-electron chi connectivity index (χ1n) is 14.8. The van der Waals surface area contributed by atoms with Gasteiger partial charge in [0.1, 0.15) is 35.5 Å². The van der Waals surface area contributed by atoms with Gasteiger partial charge in [-0.15, -0.1) is 11.6 Å². The Hall–Kier alpha value is -2.66. The fraction of sp³-hybridized carbons (Fsp3) is 0.552. The molecule has 0 radical (unpaired) electrons. The van der Waals surface area contributed by atoms with Crippen LogP contribution in [0.15, 0.2) is 43.0 Å². The number of anilines is 1. The van der Waals surface area contributed by atoms with Gasteiger partial charge in [-0.3, -0.25) is 23.2 Å². The lowest BCUT2D eigenvalue weighted by Gasteiger charge is -2.26. The molecule has 258 valence electrons. The van der Waals surface area contributed by atoms with E-state index in [4.69, 9.17) is 41.6 Å². The van der Waals surface area contributed by atoms with Crippen molar-refractivity contribution in [2.75, 3.05) is 24.7 Å². The summed E-state index contributed by atoms with van der Waals surface area (Å²) in [5, 5.41) is 13.7. The molecule has 1 aliphatic rings. The number of aliphatic hydroxyl groups is 1. The smallest absolute Gasteiger partial charge is 0.408 e. The van der Waals surface area contributed by atoms with Gasteiger partial charge in [-0.25, -0.2) is 24.6 Å². The summed E-state index contributed by atoms with van der Waals surface area (Å²) >= 11 is 7.71. The fourth-order valence-electron chi connectivity index (χ4n) is 4.41. The number of hydrogen-bond donors (Lipinski definition) is 4. The number of ether oxygens (including phenoxy) is 2. The van der Waals surface area contributed by atoms with E-state index in [0.717, 1.165) is 17.3 Å². The Morgan fingerprint density at radius 2 is 1.96 bits per heavy atom. The maximum absolute atomic E-state index is 14.1. The summed E-state index contributed by atoms with van der Waals surface area (Å²) in [6.07, 6.45) is -1.40. The molecule has 47 heavy (non-hydrogen) atoms. The number of thioether (sulfide) groups is 1. The number of rotatable bonds is 15. The Bertz CT molecular complexity index is 1600. The van der Waals surface area contributed by atoms with Crippen molar-refractivity contribution in [2.24, 2.45) is 17.1 Å². The van der Waals surface area contributed by atoms with Gasteiger partial charge in [0.2, 0.25) is 0 Å². The predicted octanol–water partition coefficient (Wildman–Crippen LogP) is 3.37. The zero-order chi connectivity index (χ0) is 34.6. The van der Waals surface area contributed by atoms with Crippen molar-refractivity contribution in [1.29, 1.82) is 0 Å². The Balaban J connectivity index is 1.42. The number of nitrogen functional groups attached to an aromatic ring is 1. The van der Waals surface area contributed by atoms with E-state index in [-0.39, 0.29) is 42.4 Å². The minimum absolute atomic E-state index is 0.0911. The number of nitrogens with one attached hydrogen (secondary N) is 1. The molecule has 2 aromatic heterocycles. The molecule has 6 N–H and O–H groups in total. The molecule has 1 aliphatic heterocycles. The van der Waals surface area contributed by atoms with E-state index < -0.39 is 48.7 Å². The van der Waals surface area contributed by atoms with Crippen LogP contribution in [0.1, 0.15) is 46.4 Å². The van der Waals surface area contributed by atoms with Crippen LogP contribution in [0, 0.1) is 11.3 Å². The molecule has 3 heterocycles. The summed E-state index contributed by atoms with van der Waals surface area (Å²) in [6.45, 7) is 8.18. The zero-order valence-electron chi connectivity index (χ0n) is 26.7. The molecule has 0 bridgehead atoms. The SMILES string of the molecule is CC(C)C(N)C(=O)OCC(C)(C)C(=O)SCCOP(=O)(NCc1ccccc1)O[C@H]1O[C@@H](n2cnc3c(N)ncnc32)[C@](C)(Cl)[C@@H]1O. The number of imidazole rings is 1. The van der Waals surface area contributed by atoms with Crippen LogP contribution in [0.25, 0.3) is 11.2 Å². The quantitative estimate of drug-likeness (QED) is 0.0769. The second-order valence-corrected chi connectivity index (χ2v) is 15.9. The molecule has 1 fully saturated rings. The molecule has 2 unspecified atom stereocenters. The average Bonchev–Trinajstić information content (AvgIpc) is 3.55. The molecule has 6 atom stereocenters. The van der Waals surface area contributed by atoms with Gasteiger partial charge >= 0.3 is 13.7 Å². The number of aromatic nitrogens is 4. The molecule has 0 amide bonds. The van der Waals surface area contributed by atoms with Crippen LogP contribution < -0.4 is 16.6 Å². The van der Waals surface area contributed by atoms with Gasteiger partial charge in [-0.1, -0.05) is 55.9 Å². The number of carbonyl (C=O) groups is 2. The molecule has 0 aliphatic carbocycles. The molecular weight excluding hydrogens is 673 g/mol. The van der Waals surface area contributed by atoms with Crippen molar-refractivity contribution in [3.05, 3.63) is 48.5 Å². The van der Waals surface area contributed by atoms with Crippen LogP contribution in [0.5, 0.6) is 0 Å². The molecule has 1 aromatic carbocycles. The average molecular weight is 714 g/mol. The van der Waals surface area contributed by atoms with E-state index in [1.54, 1.807) is 27.7 Å². The van der Waals surface area contributed by atoms with Crippen molar-refractivity contribution in [2.45, 2.75) is 70.7 Å². The Morgan fingerprint density at radius 3 is 2.64 bits per heavy atom. The summed E-state index contributed by atoms with van der Waals surface area (Å²) < 4.78 is 38.4. The Labute approximate surface area is 282 Å². The molecule has 1 saturated heterocycles. The maximum atomic E-state index is 14.1. The van der Waals surface area contributed by atoms with Gasteiger partial charge in [0, 0.05) is 12.3 Å². The van der Waals surface area contributed by atoms with Gasteiger partial charge in [-0.2, -0.15) is 0 Å². The van der Waals surface area contributed by atoms with Crippen molar-refractivity contribution in [3.63, 3.8) is 0 Å². The van der Waals surface area contributed by atoms with Crippen LogP contribution >= 0.6 is 31.1 Å². The van der Waals surface area contributed by atoms with Crippen LogP contribution in [-0.2, 0) is 39.2 Å². The van der Waals surface area contributed by atoms with Gasteiger partial charge < -0.3 is 26.0 Å². The Kier molecular flexibility index (Phi) is 12.1. The van der Waals surface area contributed by atoms with E-state index in [1.807, 2.05) is 30.3 Å².